The Hall–Kier alpha value is 1.60. The van der Waals surface area contributed by atoms with E-state index >= 15 is 0 Å². The van der Waals surface area contributed by atoms with Crippen molar-refractivity contribution >= 4 is 37.7 Å². The average Bonchev–Trinajstić information content (AvgIpc) is 0.918. The van der Waals surface area contributed by atoms with E-state index in [0.29, 0.717) is 0 Å². The molecule has 5 heteroatoms. The fourth-order valence-electron chi connectivity index (χ4n) is 0. The van der Waals surface area contributed by atoms with Crippen LogP contribution in [0.1, 0.15) is 0 Å². The largest absolute Gasteiger partial charge is 0.0209 e. The zero-order chi connectivity index (χ0) is 2.71. The molecule has 0 aromatic carbocycles. The smallest absolute Gasteiger partial charge is 0.0104 e. The number of hydrogen-bond donors (Lipinski definition) is 0. The van der Waals surface area contributed by atoms with E-state index in [0.717, 1.165) is 0 Å². The van der Waals surface area contributed by atoms with Gasteiger partial charge in [0.05, 0.1) is 0 Å². The van der Waals surface area contributed by atoms with Gasteiger partial charge >= 0.3 is 0 Å². The van der Waals surface area contributed by atoms with E-state index in [2.05, 4.69) is 0 Å². The summed E-state index contributed by atoms with van der Waals surface area (Å²) in [4.78, 5) is 0. The summed E-state index contributed by atoms with van der Waals surface area (Å²) in [5.74, 6) is 0. The minimum atomic E-state index is 0. The number of halogens is 2. The summed E-state index contributed by atoms with van der Waals surface area (Å²) in [6.07, 6.45) is 0. The second kappa shape index (κ2) is 17.5. The van der Waals surface area contributed by atoms with E-state index in [1.54, 1.807) is 0 Å². The third kappa shape index (κ3) is 28.4. The van der Waals surface area contributed by atoms with Gasteiger partial charge in [-0.15, -0.1) is 0 Å². The second-order valence-electron chi connectivity index (χ2n) is 0.0583. The Kier molecular flexibility index (Phi) is 56.0. The van der Waals surface area contributed by atoms with Crippen molar-refractivity contribution in [3.8, 4) is 0 Å². The molecule has 0 aromatic heterocycles. The molecule has 0 aliphatic carbocycles. The molecule has 0 saturated carbocycles. The van der Waals surface area contributed by atoms with Crippen molar-refractivity contribution in [1.29, 1.82) is 0 Å². The normalized spacial score (nSPS) is 3.60. The maximum absolute atomic E-state index is 9.12. The molecule has 0 bridgehead atoms. The monoisotopic (exact) mass is 157 g/mol. The van der Waals surface area contributed by atoms with Gasteiger partial charge in [-0.3, -0.25) is 0 Å². The van der Waals surface area contributed by atoms with E-state index in [1.807, 2.05) is 0 Å². The molecule has 1 nitrogen and oxygen atoms in total. The summed E-state index contributed by atoms with van der Waals surface area (Å²) < 4.78 is 18.2. The second-order valence-corrected chi connectivity index (χ2v) is 0.0583. The Bertz CT molecular complexity index is 9.61. The number of hydrogen-bond acceptors (Lipinski definition) is 1. The van der Waals surface area contributed by atoms with Gasteiger partial charge in [0.2, 0.25) is 0 Å². The molecule has 33 valence electrons. The fourth-order valence-corrected chi connectivity index (χ4v) is 0. The maximum atomic E-state index is 9.12. The van der Waals surface area contributed by atoms with Gasteiger partial charge in [-0.1, -0.05) is 0 Å². The van der Waals surface area contributed by atoms with Gasteiger partial charge in [-0.25, -0.2) is 0 Å². The van der Waals surface area contributed by atoms with Gasteiger partial charge in [-0.2, -0.15) is 0 Å². The van der Waals surface area contributed by atoms with Crippen molar-refractivity contribution in [2.24, 2.45) is 0 Å². The minimum absolute atomic E-state index is 0. The minimum Gasteiger partial charge on any atom is -0.0104 e. The van der Waals surface area contributed by atoms with Crippen LogP contribution < -0.4 is 0 Å². The molecule has 0 heterocycles. The molecule has 0 unspecified atom stereocenters. The van der Waals surface area contributed by atoms with Gasteiger partial charge in [0.1, 0.15) is 0 Å². The van der Waals surface area contributed by atoms with E-state index in [9.17, 15) is 0 Å². The molecular formula is CaCuF2O. The van der Waals surface area contributed by atoms with E-state index in [4.69, 9.17) is 9.05 Å². The SMILES string of the molecule is FOF.[Ca].[Cu]. The van der Waals surface area contributed by atoms with Gasteiger partial charge in [0, 0.05) is 60.0 Å². The summed E-state index contributed by atoms with van der Waals surface area (Å²) in [6, 6.07) is 0. The van der Waals surface area contributed by atoms with Gasteiger partial charge in [0.25, 0.3) is 0 Å². The summed E-state index contributed by atoms with van der Waals surface area (Å²) in [5.41, 5.74) is 0. The molecule has 0 rings (SSSR count). The van der Waals surface area contributed by atoms with Crippen LogP contribution in [0.4, 0.5) is 9.05 Å². The van der Waals surface area contributed by atoms with Crippen molar-refractivity contribution in [3.63, 3.8) is 0 Å². The quantitative estimate of drug-likeness (QED) is 0.463. The molecule has 0 aliphatic heterocycles. The number of rotatable bonds is 0. The van der Waals surface area contributed by atoms with Crippen molar-refractivity contribution in [2.75, 3.05) is 0 Å². The van der Waals surface area contributed by atoms with Crippen LogP contribution in [0.2, 0.25) is 0 Å². The van der Waals surface area contributed by atoms with Crippen LogP contribution in [0, 0.1) is 0 Å². The molecule has 0 fully saturated rings. The molecule has 3 radical (unpaired) electrons. The first-order valence-electron chi connectivity index (χ1n) is 0.309. The molecule has 0 saturated heterocycles. The third-order valence-corrected chi connectivity index (χ3v) is 0. The molecule has 0 atom stereocenters. The fraction of sp³-hybridized carbons (Fsp3) is 0. The van der Waals surface area contributed by atoms with Crippen LogP contribution in [-0.4, -0.2) is 37.7 Å². The zero-order valence-corrected chi connectivity index (χ0v) is 5.32. The zero-order valence-electron chi connectivity index (χ0n) is 2.17. The van der Waals surface area contributed by atoms with Crippen molar-refractivity contribution < 1.29 is 31.3 Å². The van der Waals surface area contributed by atoms with E-state index in [-0.39, 0.29) is 54.8 Å². The van der Waals surface area contributed by atoms with Gasteiger partial charge in [-0.05, 0) is 9.05 Å². The molecule has 0 aromatic rings. The summed E-state index contributed by atoms with van der Waals surface area (Å²) in [6.45, 7) is 0. The molecular weight excluding hydrogens is 158 g/mol. The first-order valence-corrected chi connectivity index (χ1v) is 0.309. The van der Waals surface area contributed by atoms with Crippen LogP contribution in [-0.2, 0) is 22.2 Å². The first kappa shape index (κ1) is 16.0. The van der Waals surface area contributed by atoms with Crippen LogP contribution in [0.25, 0.3) is 0 Å². The van der Waals surface area contributed by atoms with Crippen LogP contribution in [0.5, 0.6) is 0 Å². The van der Waals surface area contributed by atoms with Crippen molar-refractivity contribution in [3.05, 3.63) is 0 Å². The molecule has 0 amide bonds. The third-order valence-electron chi connectivity index (χ3n) is 0. The predicted molar refractivity (Wildman–Crippen MR) is 9.05 cm³/mol. The Morgan fingerprint density at radius 3 is 1.20 bits per heavy atom. The van der Waals surface area contributed by atoms with Gasteiger partial charge < -0.3 is 0 Å². The molecule has 0 spiro atoms. The van der Waals surface area contributed by atoms with Crippen molar-refractivity contribution in [2.45, 2.75) is 0 Å². The molecule has 5 heavy (non-hydrogen) atoms. The van der Waals surface area contributed by atoms with Crippen molar-refractivity contribution in [1.82, 2.24) is 0 Å². The Morgan fingerprint density at radius 2 is 1.20 bits per heavy atom. The topological polar surface area (TPSA) is 9.23 Å². The standard InChI is InChI=1S/Ca.Cu.F2O/c;;1-3-2. The summed E-state index contributed by atoms with van der Waals surface area (Å²) in [7, 11) is 0. The first-order chi connectivity index (χ1) is 1.41. The average molecular weight is 158 g/mol. The summed E-state index contributed by atoms with van der Waals surface area (Å²) in [5, 5.41) is 1.25. The van der Waals surface area contributed by atoms with Crippen LogP contribution in [0.3, 0.4) is 0 Å². The Labute approximate surface area is 68.3 Å². The van der Waals surface area contributed by atoms with Gasteiger partial charge in [0.15, 0.2) is 0 Å². The Morgan fingerprint density at radius 1 is 1.20 bits per heavy atom. The maximum Gasteiger partial charge on any atom is 0.0209 e. The van der Waals surface area contributed by atoms with Crippen LogP contribution in [0.15, 0.2) is 0 Å². The van der Waals surface area contributed by atoms with E-state index in [1.165, 1.54) is 5.15 Å². The van der Waals surface area contributed by atoms with E-state index < -0.39 is 0 Å². The summed E-state index contributed by atoms with van der Waals surface area (Å²) >= 11 is 0. The van der Waals surface area contributed by atoms with Crippen LogP contribution >= 0.6 is 0 Å². The molecule has 0 N–H and O–H groups in total. The molecule has 0 aliphatic rings. The predicted octanol–water partition coefficient (Wildman–Crippen LogP) is 0.389. The Balaban J connectivity index is -0.0000000200.